The summed E-state index contributed by atoms with van der Waals surface area (Å²) in [6, 6.07) is 28.9. The molecule has 0 aliphatic rings. The van der Waals surface area contributed by atoms with Gasteiger partial charge in [-0.3, -0.25) is 9.36 Å². The molecule has 0 radical (unpaired) electrons. The van der Waals surface area contributed by atoms with Crippen LogP contribution in [0.15, 0.2) is 96.4 Å². The van der Waals surface area contributed by atoms with E-state index in [0.29, 0.717) is 17.5 Å². The number of para-hydroxylation sites is 1. The molecule has 0 fully saturated rings. The molecule has 6 heteroatoms. The second kappa shape index (κ2) is 10.8. The molecule has 1 aromatic heterocycles. The van der Waals surface area contributed by atoms with Crippen LogP contribution in [0.3, 0.4) is 0 Å². The molecule has 3 aromatic carbocycles. The lowest BCUT2D eigenvalue weighted by Crippen LogP contribution is -2.27. The van der Waals surface area contributed by atoms with Crippen LogP contribution in [0.2, 0.25) is 0 Å². The largest absolute Gasteiger partial charge is 0.355 e. The van der Waals surface area contributed by atoms with Crippen molar-refractivity contribution >= 4 is 17.7 Å². The summed E-state index contributed by atoms with van der Waals surface area (Å²) in [6.45, 7) is 2.66. The van der Waals surface area contributed by atoms with Gasteiger partial charge in [-0.25, -0.2) is 0 Å². The Morgan fingerprint density at radius 2 is 1.56 bits per heavy atom. The van der Waals surface area contributed by atoms with Crippen molar-refractivity contribution in [1.82, 2.24) is 20.1 Å². The molecule has 0 saturated heterocycles. The number of carbonyl (C=O) groups excluding carboxylic acids is 1. The van der Waals surface area contributed by atoms with Crippen LogP contribution < -0.4 is 5.32 Å². The lowest BCUT2D eigenvalue weighted by molar-refractivity contribution is -0.118. The summed E-state index contributed by atoms with van der Waals surface area (Å²) in [5.41, 5.74) is 4.67. The van der Waals surface area contributed by atoms with Crippen molar-refractivity contribution in [3.63, 3.8) is 0 Å². The van der Waals surface area contributed by atoms with Crippen LogP contribution in [0.1, 0.15) is 29.0 Å². The fraction of sp³-hybridized carbons (Fsp3) is 0.192. The lowest BCUT2D eigenvalue weighted by Gasteiger charge is -2.18. The zero-order valence-corrected chi connectivity index (χ0v) is 18.8. The molecule has 0 aliphatic carbocycles. The van der Waals surface area contributed by atoms with E-state index in [1.807, 2.05) is 47.9 Å². The number of nitrogens with one attached hydrogen (secondary N) is 1. The van der Waals surface area contributed by atoms with Crippen LogP contribution in [0, 0.1) is 6.92 Å². The van der Waals surface area contributed by atoms with E-state index >= 15 is 0 Å². The Balaban J connectivity index is 1.34. The second-order valence-electron chi connectivity index (χ2n) is 7.57. The molecule has 0 spiro atoms. The van der Waals surface area contributed by atoms with E-state index in [9.17, 15) is 4.79 Å². The number of thioether (sulfide) groups is 1. The van der Waals surface area contributed by atoms with Crippen LogP contribution in [0.4, 0.5) is 0 Å². The van der Waals surface area contributed by atoms with E-state index < -0.39 is 0 Å². The second-order valence-corrected chi connectivity index (χ2v) is 8.51. The number of rotatable bonds is 9. The summed E-state index contributed by atoms with van der Waals surface area (Å²) in [7, 11) is 0. The molecule has 4 aromatic rings. The van der Waals surface area contributed by atoms with E-state index in [1.54, 1.807) is 6.33 Å². The van der Waals surface area contributed by atoms with Crippen LogP contribution in [-0.4, -0.2) is 33.0 Å². The number of amides is 1. The standard InChI is InChI=1S/C26H26N4OS/c1-20-10-8-9-15-24(20)30-19-28-29-26(30)32-18-25(31)27-17-16-23(21-11-4-2-5-12-21)22-13-6-3-7-14-22/h2-15,19,23H,16-18H2,1H3,(H,27,31). The zero-order valence-electron chi connectivity index (χ0n) is 18.0. The Hall–Kier alpha value is -3.38. The van der Waals surface area contributed by atoms with Gasteiger partial charge in [-0.1, -0.05) is 90.6 Å². The Kier molecular flexibility index (Phi) is 7.35. The van der Waals surface area contributed by atoms with Gasteiger partial charge in [0.25, 0.3) is 0 Å². The molecule has 1 heterocycles. The first-order valence-corrected chi connectivity index (χ1v) is 11.7. The number of hydrogen-bond acceptors (Lipinski definition) is 4. The van der Waals surface area contributed by atoms with Crippen molar-refractivity contribution in [2.75, 3.05) is 12.3 Å². The summed E-state index contributed by atoms with van der Waals surface area (Å²) < 4.78 is 1.92. The fourth-order valence-corrected chi connectivity index (χ4v) is 4.51. The van der Waals surface area contributed by atoms with Gasteiger partial charge in [-0.2, -0.15) is 0 Å². The van der Waals surface area contributed by atoms with Gasteiger partial charge < -0.3 is 5.32 Å². The molecule has 5 nitrogen and oxygen atoms in total. The maximum absolute atomic E-state index is 12.5. The number of benzene rings is 3. The van der Waals surface area contributed by atoms with Crippen molar-refractivity contribution in [2.45, 2.75) is 24.4 Å². The Bertz CT molecular complexity index is 1110. The Morgan fingerprint density at radius 3 is 2.22 bits per heavy atom. The number of aryl methyl sites for hydroxylation is 1. The van der Waals surface area contributed by atoms with Crippen LogP contribution >= 0.6 is 11.8 Å². The molecule has 4 rings (SSSR count). The highest BCUT2D eigenvalue weighted by Gasteiger charge is 2.15. The first-order valence-electron chi connectivity index (χ1n) is 10.7. The highest BCUT2D eigenvalue weighted by Crippen LogP contribution is 2.27. The molecule has 0 unspecified atom stereocenters. The minimum absolute atomic E-state index is 0.00536. The van der Waals surface area contributed by atoms with Crippen molar-refractivity contribution in [2.24, 2.45) is 0 Å². The van der Waals surface area contributed by atoms with Gasteiger partial charge in [0.2, 0.25) is 5.91 Å². The third kappa shape index (κ3) is 5.45. The van der Waals surface area contributed by atoms with Crippen molar-refractivity contribution in [1.29, 1.82) is 0 Å². The summed E-state index contributed by atoms with van der Waals surface area (Å²) in [6.07, 6.45) is 2.52. The summed E-state index contributed by atoms with van der Waals surface area (Å²) in [4.78, 5) is 12.5. The normalized spacial score (nSPS) is 10.9. The average molecular weight is 443 g/mol. The quantitative estimate of drug-likeness (QED) is 0.370. The highest BCUT2D eigenvalue weighted by atomic mass is 32.2. The Labute approximate surface area is 192 Å². The fourth-order valence-electron chi connectivity index (χ4n) is 3.76. The van der Waals surface area contributed by atoms with Gasteiger partial charge in [0.1, 0.15) is 6.33 Å². The van der Waals surface area contributed by atoms with E-state index in [2.05, 4.69) is 64.0 Å². The molecule has 1 amide bonds. The highest BCUT2D eigenvalue weighted by molar-refractivity contribution is 7.99. The smallest absolute Gasteiger partial charge is 0.230 e. The molecular weight excluding hydrogens is 416 g/mol. The third-order valence-electron chi connectivity index (χ3n) is 5.38. The van der Waals surface area contributed by atoms with E-state index in [4.69, 9.17) is 0 Å². The monoisotopic (exact) mass is 442 g/mol. The lowest BCUT2D eigenvalue weighted by atomic mass is 9.88. The number of hydrogen-bond donors (Lipinski definition) is 1. The molecule has 0 atom stereocenters. The van der Waals surface area contributed by atoms with Gasteiger partial charge in [-0.05, 0) is 36.1 Å². The molecule has 0 aliphatic heterocycles. The Morgan fingerprint density at radius 1 is 0.938 bits per heavy atom. The average Bonchev–Trinajstić information content (AvgIpc) is 3.30. The maximum atomic E-state index is 12.5. The number of carbonyl (C=O) groups is 1. The van der Waals surface area contributed by atoms with Gasteiger partial charge in [-0.15, -0.1) is 10.2 Å². The summed E-state index contributed by atoms with van der Waals surface area (Å²) in [5, 5.41) is 12.0. The van der Waals surface area contributed by atoms with Crippen LogP contribution in [0.25, 0.3) is 5.69 Å². The van der Waals surface area contributed by atoms with Gasteiger partial charge in [0.05, 0.1) is 11.4 Å². The van der Waals surface area contributed by atoms with Crippen molar-refractivity contribution in [3.05, 3.63) is 108 Å². The number of nitrogens with zero attached hydrogens (tertiary/aromatic N) is 3. The van der Waals surface area contributed by atoms with E-state index in [0.717, 1.165) is 17.7 Å². The molecule has 0 saturated carbocycles. The topological polar surface area (TPSA) is 59.8 Å². The van der Waals surface area contributed by atoms with Gasteiger partial charge in [0.15, 0.2) is 5.16 Å². The van der Waals surface area contributed by atoms with Gasteiger partial charge >= 0.3 is 0 Å². The third-order valence-corrected chi connectivity index (χ3v) is 6.33. The van der Waals surface area contributed by atoms with Gasteiger partial charge in [0, 0.05) is 12.5 Å². The minimum atomic E-state index is -0.00536. The zero-order chi connectivity index (χ0) is 22.2. The van der Waals surface area contributed by atoms with Crippen molar-refractivity contribution < 1.29 is 4.79 Å². The maximum Gasteiger partial charge on any atom is 0.230 e. The molecule has 0 bridgehead atoms. The summed E-state index contributed by atoms with van der Waals surface area (Å²) >= 11 is 1.39. The molecule has 1 N–H and O–H groups in total. The number of aromatic nitrogens is 3. The molecule has 162 valence electrons. The van der Waals surface area contributed by atoms with Crippen LogP contribution in [-0.2, 0) is 4.79 Å². The van der Waals surface area contributed by atoms with Crippen LogP contribution in [0.5, 0.6) is 0 Å². The first kappa shape index (κ1) is 21.8. The SMILES string of the molecule is Cc1ccccc1-n1cnnc1SCC(=O)NCCC(c1ccccc1)c1ccccc1. The van der Waals surface area contributed by atoms with E-state index in [1.165, 1.54) is 22.9 Å². The molecule has 32 heavy (non-hydrogen) atoms. The van der Waals surface area contributed by atoms with E-state index in [-0.39, 0.29) is 11.8 Å². The predicted octanol–water partition coefficient (Wildman–Crippen LogP) is 5.01. The first-order chi connectivity index (χ1) is 15.7. The predicted molar refractivity (Wildman–Crippen MR) is 129 cm³/mol. The van der Waals surface area contributed by atoms with Crippen molar-refractivity contribution in [3.8, 4) is 5.69 Å². The summed E-state index contributed by atoms with van der Waals surface area (Å²) in [5.74, 6) is 0.537. The minimum Gasteiger partial charge on any atom is -0.355 e. The molecular formula is C26H26N4OS.